The van der Waals surface area contributed by atoms with Gasteiger partial charge in [0.15, 0.2) is 6.04 Å². The molecule has 0 radical (unpaired) electrons. The van der Waals surface area contributed by atoms with E-state index in [1.54, 1.807) is 0 Å². The molecule has 8 nitrogen and oxygen atoms in total. The van der Waals surface area contributed by atoms with Crippen molar-refractivity contribution in [2.75, 3.05) is 0 Å². The van der Waals surface area contributed by atoms with Crippen molar-refractivity contribution in [3.63, 3.8) is 0 Å². The van der Waals surface area contributed by atoms with E-state index in [-0.39, 0.29) is 16.7 Å². The average molecular weight is 361 g/mol. The van der Waals surface area contributed by atoms with Crippen LogP contribution in [0.1, 0.15) is 32.3 Å². The maximum atomic E-state index is 12.5. The van der Waals surface area contributed by atoms with E-state index in [2.05, 4.69) is 0 Å². The summed E-state index contributed by atoms with van der Waals surface area (Å²) in [7, 11) is -4.76. The third-order valence-electron chi connectivity index (χ3n) is 3.81. The first kappa shape index (κ1) is 16.8. The molecular formula is C16H11NO7S. The van der Waals surface area contributed by atoms with Gasteiger partial charge in [0.2, 0.25) is 0 Å². The van der Waals surface area contributed by atoms with Gasteiger partial charge in [-0.15, -0.1) is 0 Å². The Balaban J connectivity index is 2.20. The minimum absolute atomic E-state index is 0.0306. The Morgan fingerprint density at radius 2 is 1.40 bits per heavy atom. The number of hydrogen-bond donors (Lipinski definition) is 2. The third-order valence-corrected chi connectivity index (χ3v) is 4.74. The Morgan fingerprint density at radius 3 is 1.88 bits per heavy atom. The highest BCUT2D eigenvalue weighted by Crippen LogP contribution is 2.34. The second kappa shape index (κ2) is 5.80. The van der Waals surface area contributed by atoms with E-state index >= 15 is 0 Å². The van der Waals surface area contributed by atoms with Crippen LogP contribution in [-0.4, -0.2) is 40.8 Å². The molecule has 1 aliphatic heterocycles. The maximum absolute atomic E-state index is 12.5. The highest BCUT2D eigenvalue weighted by Gasteiger charge is 2.44. The summed E-state index contributed by atoms with van der Waals surface area (Å²) in [6, 6.07) is 8.67. The first-order valence-corrected chi connectivity index (χ1v) is 8.43. The highest BCUT2D eigenvalue weighted by molar-refractivity contribution is 7.85. The number of nitrogens with zero attached hydrogens (tertiary/aromatic N) is 1. The summed E-state index contributed by atoms with van der Waals surface area (Å²) < 4.78 is 32.4. The van der Waals surface area contributed by atoms with Gasteiger partial charge in [-0.05, 0) is 18.2 Å². The molecule has 2 aromatic rings. The van der Waals surface area contributed by atoms with Gasteiger partial charge in [-0.25, -0.2) is 4.79 Å². The third kappa shape index (κ3) is 2.69. The van der Waals surface area contributed by atoms with Gasteiger partial charge in [-0.1, -0.05) is 30.3 Å². The van der Waals surface area contributed by atoms with Crippen molar-refractivity contribution in [1.82, 2.24) is 4.90 Å². The van der Waals surface area contributed by atoms with Crippen LogP contribution in [0, 0.1) is 0 Å². The van der Waals surface area contributed by atoms with Crippen molar-refractivity contribution < 1.29 is 32.5 Å². The fourth-order valence-corrected chi connectivity index (χ4v) is 3.49. The molecule has 1 aliphatic rings. The van der Waals surface area contributed by atoms with E-state index in [9.17, 15) is 32.5 Å². The van der Waals surface area contributed by atoms with Crippen molar-refractivity contribution in [3.8, 4) is 0 Å². The zero-order chi connectivity index (χ0) is 18.4. The SMILES string of the molecule is O=C(O)C(c1ccccc1S(=O)(=O)O)N1C(=O)c2ccccc2C1=O. The molecule has 1 heterocycles. The largest absolute Gasteiger partial charge is 0.479 e. The summed E-state index contributed by atoms with van der Waals surface area (Å²) in [6.07, 6.45) is 0. The lowest BCUT2D eigenvalue weighted by molar-refractivity contribution is -0.141. The van der Waals surface area contributed by atoms with Crippen molar-refractivity contribution in [3.05, 3.63) is 65.2 Å². The molecule has 0 spiro atoms. The maximum Gasteiger partial charge on any atom is 0.331 e. The van der Waals surface area contributed by atoms with Gasteiger partial charge in [-0.3, -0.25) is 19.0 Å². The number of carbonyl (C=O) groups excluding carboxylic acids is 2. The molecule has 1 unspecified atom stereocenters. The van der Waals surface area contributed by atoms with Gasteiger partial charge >= 0.3 is 5.97 Å². The molecule has 3 rings (SSSR count). The first-order chi connectivity index (χ1) is 11.7. The van der Waals surface area contributed by atoms with Crippen LogP contribution in [0.4, 0.5) is 0 Å². The summed E-state index contributed by atoms with van der Waals surface area (Å²) in [5.41, 5.74) is -0.321. The van der Waals surface area contributed by atoms with E-state index in [1.807, 2.05) is 0 Å². The molecule has 0 saturated carbocycles. The second-order valence-electron chi connectivity index (χ2n) is 5.28. The van der Waals surface area contributed by atoms with Crippen LogP contribution in [0.5, 0.6) is 0 Å². The summed E-state index contributed by atoms with van der Waals surface area (Å²) in [5.74, 6) is -3.30. The summed E-state index contributed by atoms with van der Waals surface area (Å²) in [5, 5.41) is 9.57. The number of carbonyl (C=O) groups is 3. The lowest BCUT2D eigenvalue weighted by Gasteiger charge is -2.24. The molecule has 25 heavy (non-hydrogen) atoms. The molecular weight excluding hydrogens is 350 g/mol. The van der Waals surface area contributed by atoms with Gasteiger partial charge in [-0.2, -0.15) is 8.42 Å². The van der Waals surface area contributed by atoms with E-state index in [1.165, 1.54) is 36.4 Å². The Morgan fingerprint density at radius 1 is 0.920 bits per heavy atom. The first-order valence-electron chi connectivity index (χ1n) is 6.99. The molecule has 2 amide bonds. The normalized spacial score (nSPS) is 15.2. The minimum atomic E-state index is -4.76. The highest BCUT2D eigenvalue weighted by atomic mass is 32.2. The van der Waals surface area contributed by atoms with Crippen molar-refractivity contribution in [2.24, 2.45) is 0 Å². The quantitative estimate of drug-likeness (QED) is 0.621. The molecule has 128 valence electrons. The average Bonchev–Trinajstić information content (AvgIpc) is 2.80. The van der Waals surface area contributed by atoms with Gasteiger partial charge in [0.1, 0.15) is 0 Å². The molecule has 9 heteroatoms. The number of benzene rings is 2. The van der Waals surface area contributed by atoms with E-state index in [0.717, 1.165) is 12.1 Å². The van der Waals surface area contributed by atoms with Crippen molar-refractivity contribution in [2.45, 2.75) is 10.9 Å². The summed E-state index contributed by atoms with van der Waals surface area (Å²) in [4.78, 5) is 36.6. The number of fused-ring (bicyclic) bond motifs is 1. The Bertz CT molecular complexity index is 978. The van der Waals surface area contributed by atoms with E-state index < -0.39 is 38.8 Å². The molecule has 1 atom stereocenters. The molecule has 2 aromatic carbocycles. The topological polar surface area (TPSA) is 129 Å². The Kier molecular flexibility index (Phi) is 3.90. The van der Waals surface area contributed by atoms with Crippen LogP contribution in [0.15, 0.2) is 53.4 Å². The van der Waals surface area contributed by atoms with Gasteiger partial charge < -0.3 is 5.11 Å². The minimum Gasteiger partial charge on any atom is -0.479 e. The van der Waals surface area contributed by atoms with Crippen LogP contribution in [-0.2, 0) is 14.9 Å². The number of carboxylic acid groups (broad SMARTS) is 1. The zero-order valence-electron chi connectivity index (χ0n) is 12.5. The van der Waals surface area contributed by atoms with Crippen LogP contribution in [0.25, 0.3) is 0 Å². The molecule has 0 aliphatic carbocycles. The number of carboxylic acids is 1. The molecule has 0 bridgehead atoms. The summed E-state index contributed by atoms with van der Waals surface area (Å²) >= 11 is 0. The monoisotopic (exact) mass is 361 g/mol. The van der Waals surface area contributed by atoms with Gasteiger partial charge in [0, 0.05) is 5.56 Å². The molecule has 2 N–H and O–H groups in total. The number of rotatable bonds is 4. The second-order valence-corrected chi connectivity index (χ2v) is 6.67. The number of imide groups is 1. The number of amides is 2. The molecule has 0 fully saturated rings. The van der Waals surface area contributed by atoms with Gasteiger partial charge in [0.25, 0.3) is 21.9 Å². The number of aliphatic carboxylic acids is 1. The number of hydrogen-bond acceptors (Lipinski definition) is 5. The van der Waals surface area contributed by atoms with Crippen LogP contribution >= 0.6 is 0 Å². The van der Waals surface area contributed by atoms with E-state index in [4.69, 9.17) is 0 Å². The predicted octanol–water partition coefficient (Wildman–Crippen LogP) is 1.36. The van der Waals surface area contributed by atoms with Crippen molar-refractivity contribution >= 4 is 27.9 Å². The van der Waals surface area contributed by atoms with Crippen LogP contribution in [0.3, 0.4) is 0 Å². The Labute approximate surface area is 142 Å². The van der Waals surface area contributed by atoms with Gasteiger partial charge in [0.05, 0.1) is 16.0 Å². The van der Waals surface area contributed by atoms with Crippen LogP contribution < -0.4 is 0 Å². The zero-order valence-corrected chi connectivity index (χ0v) is 13.3. The van der Waals surface area contributed by atoms with E-state index in [0.29, 0.717) is 4.90 Å². The smallest absolute Gasteiger partial charge is 0.331 e. The fourth-order valence-electron chi connectivity index (χ4n) is 2.77. The summed E-state index contributed by atoms with van der Waals surface area (Å²) in [6.45, 7) is 0. The van der Waals surface area contributed by atoms with Crippen LogP contribution in [0.2, 0.25) is 0 Å². The predicted molar refractivity (Wildman–Crippen MR) is 83.6 cm³/mol. The Hall–Kier alpha value is -3.04. The standard InChI is InChI=1S/C16H11NO7S/c18-14-9-5-1-2-6-10(9)15(19)17(14)13(16(20)21)11-7-3-4-8-12(11)25(22,23)24/h1-8,13H,(H,20,21)(H,22,23,24). The molecule has 0 aromatic heterocycles. The fraction of sp³-hybridized carbons (Fsp3) is 0.0625. The lowest BCUT2D eigenvalue weighted by Crippen LogP contribution is -2.39. The molecule has 0 saturated heterocycles. The lowest BCUT2D eigenvalue weighted by atomic mass is 10.1. The van der Waals surface area contributed by atoms with Crippen molar-refractivity contribution in [1.29, 1.82) is 0 Å².